The SMILES string of the molecule is O=C(O)c1cc(Br)cn1CCOc1ccccc1. The molecule has 1 aromatic carbocycles. The summed E-state index contributed by atoms with van der Waals surface area (Å²) in [6.07, 6.45) is 1.73. The molecule has 1 heterocycles. The van der Waals surface area contributed by atoms with Crippen LogP contribution in [-0.2, 0) is 6.54 Å². The fourth-order valence-electron chi connectivity index (χ4n) is 1.62. The van der Waals surface area contributed by atoms with E-state index in [-0.39, 0.29) is 5.69 Å². The number of ether oxygens (including phenoxy) is 1. The number of hydrogen-bond acceptors (Lipinski definition) is 2. The molecule has 0 bridgehead atoms. The fourth-order valence-corrected chi connectivity index (χ4v) is 2.08. The van der Waals surface area contributed by atoms with E-state index < -0.39 is 5.97 Å². The zero-order chi connectivity index (χ0) is 13.0. The monoisotopic (exact) mass is 309 g/mol. The number of halogens is 1. The molecule has 0 amide bonds. The predicted octanol–water partition coefficient (Wildman–Crippen LogP) is 3.03. The number of hydrogen-bond donors (Lipinski definition) is 1. The Morgan fingerprint density at radius 2 is 2.06 bits per heavy atom. The summed E-state index contributed by atoms with van der Waals surface area (Å²) in [4.78, 5) is 11.0. The standard InChI is InChI=1S/C13H12BrNO3/c14-10-8-12(13(16)17)15(9-10)6-7-18-11-4-2-1-3-5-11/h1-5,8-9H,6-7H2,(H,16,17). The van der Waals surface area contributed by atoms with Gasteiger partial charge in [0.25, 0.3) is 0 Å². The second kappa shape index (κ2) is 5.73. The van der Waals surface area contributed by atoms with E-state index in [2.05, 4.69) is 15.9 Å². The molecule has 0 atom stereocenters. The first-order chi connectivity index (χ1) is 8.66. The van der Waals surface area contributed by atoms with Crippen LogP contribution in [0.3, 0.4) is 0 Å². The molecular formula is C13H12BrNO3. The molecule has 0 radical (unpaired) electrons. The molecule has 0 aliphatic heterocycles. The Hall–Kier alpha value is -1.75. The number of benzene rings is 1. The number of rotatable bonds is 5. The molecule has 94 valence electrons. The van der Waals surface area contributed by atoms with Gasteiger partial charge in [-0.1, -0.05) is 18.2 Å². The summed E-state index contributed by atoms with van der Waals surface area (Å²) in [5.41, 5.74) is 0.249. The van der Waals surface area contributed by atoms with Gasteiger partial charge in [-0.15, -0.1) is 0 Å². The van der Waals surface area contributed by atoms with Crippen molar-refractivity contribution >= 4 is 21.9 Å². The smallest absolute Gasteiger partial charge is 0.352 e. The van der Waals surface area contributed by atoms with Crippen molar-refractivity contribution in [3.05, 3.63) is 52.8 Å². The van der Waals surface area contributed by atoms with Crippen molar-refractivity contribution in [2.45, 2.75) is 6.54 Å². The van der Waals surface area contributed by atoms with Crippen LogP contribution in [0, 0.1) is 0 Å². The number of aromatic nitrogens is 1. The van der Waals surface area contributed by atoms with Gasteiger partial charge in [0.15, 0.2) is 0 Å². The molecule has 5 heteroatoms. The van der Waals surface area contributed by atoms with Crippen LogP contribution in [-0.4, -0.2) is 22.2 Å². The molecule has 0 saturated carbocycles. The Labute approximate surface area is 113 Å². The quantitative estimate of drug-likeness (QED) is 0.923. The van der Waals surface area contributed by atoms with Gasteiger partial charge >= 0.3 is 5.97 Å². The Balaban J connectivity index is 1.96. The van der Waals surface area contributed by atoms with Crippen LogP contribution in [0.5, 0.6) is 5.75 Å². The van der Waals surface area contributed by atoms with Gasteiger partial charge in [-0.25, -0.2) is 4.79 Å². The first-order valence-electron chi connectivity index (χ1n) is 5.43. The Bertz CT molecular complexity index is 536. The van der Waals surface area contributed by atoms with Gasteiger partial charge in [-0.2, -0.15) is 0 Å². The normalized spacial score (nSPS) is 10.3. The molecule has 0 saturated heterocycles. The van der Waals surface area contributed by atoms with Gasteiger partial charge in [-0.05, 0) is 34.1 Å². The molecule has 0 spiro atoms. The van der Waals surface area contributed by atoms with Gasteiger partial charge in [0.05, 0.1) is 6.54 Å². The average molecular weight is 310 g/mol. The van der Waals surface area contributed by atoms with E-state index in [9.17, 15) is 4.79 Å². The maximum absolute atomic E-state index is 11.0. The van der Waals surface area contributed by atoms with Crippen LogP contribution in [0.2, 0.25) is 0 Å². The van der Waals surface area contributed by atoms with E-state index in [1.807, 2.05) is 30.3 Å². The van der Waals surface area contributed by atoms with Crippen molar-refractivity contribution < 1.29 is 14.6 Å². The summed E-state index contributed by atoms with van der Waals surface area (Å²) in [6.45, 7) is 0.910. The highest BCUT2D eigenvalue weighted by atomic mass is 79.9. The minimum absolute atomic E-state index is 0.249. The van der Waals surface area contributed by atoms with Gasteiger partial charge in [0.1, 0.15) is 18.1 Å². The highest BCUT2D eigenvalue weighted by Gasteiger charge is 2.11. The van der Waals surface area contributed by atoms with Crippen LogP contribution < -0.4 is 4.74 Å². The van der Waals surface area contributed by atoms with Crippen molar-refractivity contribution in [3.8, 4) is 5.75 Å². The number of carboxylic acids is 1. The summed E-state index contributed by atoms with van der Waals surface area (Å²) in [5.74, 6) is -0.166. The van der Waals surface area contributed by atoms with E-state index >= 15 is 0 Å². The molecule has 18 heavy (non-hydrogen) atoms. The third-order valence-electron chi connectivity index (χ3n) is 2.43. The molecular weight excluding hydrogens is 298 g/mol. The summed E-state index contributed by atoms with van der Waals surface area (Å²) in [5, 5.41) is 9.01. The van der Waals surface area contributed by atoms with Crippen LogP contribution >= 0.6 is 15.9 Å². The molecule has 0 aliphatic rings. The van der Waals surface area contributed by atoms with Crippen LogP contribution in [0.1, 0.15) is 10.5 Å². The van der Waals surface area contributed by atoms with E-state index in [0.29, 0.717) is 13.2 Å². The Kier molecular flexibility index (Phi) is 4.04. The summed E-state index contributed by atoms with van der Waals surface area (Å²) >= 11 is 3.26. The number of carboxylic acid groups (broad SMARTS) is 1. The third kappa shape index (κ3) is 3.13. The van der Waals surface area contributed by atoms with E-state index in [0.717, 1.165) is 10.2 Å². The first-order valence-corrected chi connectivity index (χ1v) is 6.23. The maximum Gasteiger partial charge on any atom is 0.352 e. The molecule has 2 rings (SSSR count). The highest BCUT2D eigenvalue weighted by molar-refractivity contribution is 9.10. The molecule has 0 aliphatic carbocycles. The number of carbonyl (C=O) groups is 1. The third-order valence-corrected chi connectivity index (χ3v) is 2.86. The lowest BCUT2D eigenvalue weighted by Crippen LogP contribution is -2.12. The summed E-state index contributed by atoms with van der Waals surface area (Å²) in [7, 11) is 0. The average Bonchev–Trinajstić information content (AvgIpc) is 2.72. The molecule has 0 fully saturated rings. The minimum atomic E-state index is -0.944. The predicted molar refractivity (Wildman–Crippen MR) is 71.0 cm³/mol. The number of aromatic carboxylic acids is 1. The summed E-state index contributed by atoms with van der Waals surface area (Å²) in [6, 6.07) is 11.0. The second-order valence-electron chi connectivity index (χ2n) is 3.70. The van der Waals surface area contributed by atoms with Crippen LogP contribution in [0.25, 0.3) is 0 Å². The topological polar surface area (TPSA) is 51.5 Å². The molecule has 1 aromatic heterocycles. The van der Waals surface area contributed by atoms with E-state index in [4.69, 9.17) is 9.84 Å². The van der Waals surface area contributed by atoms with Crippen molar-refractivity contribution in [2.75, 3.05) is 6.61 Å². The maximum atomic E-state index is 11.0. The Morgan fingerprint density at radius 3 is 2.72 bits per heavy atom. The lowest BCUT2D eigenvalue weighted by Gasteiger charge is -2.08. The van der Waals surface area contributed by atoms with Crippen molar-refractivity contribution in [2.24, 2.45) is 0 Å². The van der Waals surface area contributed by atoms with Gasteiger partial charge in [0.2, 0.25) is 0 Å². The van der Waals surface area contributed by atoms with Gasteiger partial charge < -0.3 is 14.4 Å². The van der Waals surface area contributed by atoms with Gasteiger partial charge in [-0.3, -0.25) is 0 Å². The highest BCUT2D eigenvalue weighted by Crippen LogP contribution is 2.15. The Morgan fingerprint density at radius 1 is 1.33 bits per heavy atom. The van der Waals surface area contributed by atoms with E-state index in [1.54, 1.807) is 16.8 Å². The zero-order valence-corrected chi connectivity index (χ0v) is 11.1. The number of para-hydroxylation sites is 1. The number of nitrogens with zero attached hydrogens (tertiary/aromatic N) is 1. The molecule has 0 unspecified atom stereocenters. The fraction of sp³-hybridized carbons (Fsp3) is 0.154. The van der Waals surface area contributed by atoms with Crippen molar-refractivity contribution in [1.29, 1.82) is 0 Å². The first kappa shape index (κ1) is 12.7. The van der Waals surface area contributed by atoms with Crippen LogP contribution in [0.15, 0.2) is 47.1 Å². The lowest BCUT2D eigenvalue weighted by atomic mass is 10.3. The summed E-state index contributed by atoms with van der Waals surface area (Å²) < 4.78 is 7.92. The van der Waals surface area contributed by atoms with Crippen LogP contribution in [0.4, 0.5) is 0 Å². The lowest BCUT2D eigenvalue weighted by molar-refractivity contribution is 0.0684. The second-order valence-corrected chi connectivity index (χ2v) is 4.62. The van der Waals surface area contributed by atoms with Crippen molar-refractivity contribution in [3.63, 3.8) is 0 Å². The molecule has 4 nitrogen and oxygen atoms in total. The molecule has 1 N–H and O–H groups in total. The largest absolute Gasteiger partial charge is 0.492 e. The zero-order valence-electron chi connectivity index (χ0n) is 9.54. The van der Waals surface area contributed by atoms with Gasteiger partial charge in [0, 0.05) is 10.7 Å². The minimum Gasteiger partial charge on any atom is -0.492 e. The molecule has 2 aromatic rings. The van der Waals surface area contributed by atoms with E-state index in [1.165, 1.54) is 0 Å². The van der Waals surface area contributed by atoms with Crippen molar-refractivity contribution in [1.82, 2.24) is 4.57 Å².